The van der Waals surface area contributed by atoms with Crippen LogP contribution in [0.2, 0.25) is 0 Å². The minimum Gasteiger partial charge on any atom is -0.492 e. The molecule has 0 aliphatic heterocycles. The van der Waals surface area contributed by atoms with E-state index in [0.29, 0.717) is 42.0 Å². The Morgan fingerprint density at radius 1 is 1.06 bits per heavy atom. The molecule has 0 radical (unpaired) electrons. The van der Waals surface area contributed by atoms with Crippen molar-refractivity contribution >= 4 is 22.9 Å². The van der Waals surface area contributed by atoms with E-state index < -0.39 is 0 Å². The fourth-order valence-electron chi connectivity index (χ4n) is 3.21. The van der Waals surface area contributed by atoms with E-state index in [-0.39, 0.29) is 5.91 Å². The molecule has 8 heteroatoms. The fraction of sp³-hybridized carbons (Fsp3) is 0.217. The van der Waals surface area contributed by atoms with Crippen molar-refractivity contribution in [2.24, 2.45) is 0 Å². The molecule has 0 atom stereocenters. The number of carbonyl (C=O) groups is 1. The second kappa shape index (κ2) is 8.43. The van der Waals surface area contributed by atoms with Crippen LogP contribution in [0.3, 0.4) is 0 Å². The monoisotopic (exact) mass is 414 g/mol. The van der Waals surface area contributed by atoms with E-state index in [1.807, 2.05) is 42.5 Å². The molecule has 5 rings (SSSR count). The van der Waals surface area contributed by atoms with E-state index in [2.05, 4.69) is 30.6 Å². The molecular weight excluding hydrogens is 392 g/mol. The van der Waals surface area contributed by atoms with Gasteiger partial charge in [-0.05, 0) is 37.1 Å². The maximum absolute atomic E-state index is 12.2. The Bertz CT molecular complexity index is 1190. The number of aromatic nitrogens is 4. The summed E-state index contributed by atoms with van der Waals surface area (Å²) < 4.78 is 5.73. The number of H-pyrrole nitrogens is 1. The van der Waals surface area contributed by atoms with Crippen LogP contribution in [0.25, 0.3) is 22.6 Å². The van der Waals surface area contributed by atoms with E-state index in [0.717, 1.165) is 29.7 Å². The van der Waals surface area contributed by atoms with Gasteiger partial charge >= 0.3 is 0 Å². The number of nitrogens with zero attached hydrogens (tertiary/aromatic N) is 3. The third kappa shape index (κ3) is 4.48. The Balaban J connectivity index is 1.30. The summed E-state index contributed by atoms with van der Waals surface area (Å²) in [6, 6.07) is 17.3. The van der Waals surface area contributed by atoms with Gasteiger partial charge in [-0.2, -0.15) is 0 Å². The number of anilines is 1. The smallest absolute Gasteiger partial charge is 0.251 e. The molecule has 0 unspecified atom stereocenters. The first kappa shape index (κ1) is 19.0. The molecule has 0 saturated heterocycles. The van der Waals surface area contributed by atoms with Crippen molar-refractivity contribution in [3.63, 3.8) is 0 Å². The number of amides is 1. The fourth-order valence-corrected chi connectivity index (χ4v) is 3.21. The number of fused-ring (bicyclic) bond motifs is 1. The molecule has 1 fully saturated rings. The zero-order chi connectivity index (χ0) is 21.0. The van der Waals surface area contributed by atoms with Crippen LogP contribution in [0, 0.1) is 0 Å². The zero-order valence-electron chi connectivity index (χ0n) is 16.8. The average Bonchev–Trinajstić information content (AvgIpc) is 3.49. The highest BCUT2D eigenvalue weighted by Gasteiger charge is 2.23. The first-order valence-corrected chi connectivity index (χ1v) is 10.3. The molecule has 0 bridgehead atoms. The highest BCUT2D eigenvalue weighted by Crippen LogP contribution is 2.24. The second-order valence-electron chi connectivity index (χ2n) is 7.41. The molecule has 31 heavy (non-hydrogen) atoms. The zero-order valence-corrected chi connectivity index (χ0v) is 16.8. The van der Waals surface area contributed by atoms with Crippen LogP contribution < -0.4 is 15.4 Å². The van der Waals surface area contributed by atoms with Gasteiger partial charge < -0.3 is 20.4 Å². The summed E-state index contributed by atoms with van der Waals surface area (Å²) in [5.74, 6) is 1.98. The van der Waals surface area contributed by atoms with Crippen molar-refractivity contribution in [3.05, 3.63) is 66.5 Å². The van der Waals surface area contributed by atoms with Crippen molar-refractivity contribution < 1.29 is 9.53 Å². The first-order valence-electron chi connectivity index (χ1n) is 10.3. The summed E-state index contributed by atoms with van der Waals surface area (Å²) in [6.45, 7) is 1.06. The van der Waals surface area contributed by atoms with Crippen molar-refractivity contribution in [1.29, 1.82) is 0 Å². The Morgan fingerprint density at radius 2 is 1.87 bits per heavy atom. The maximum atomic E-state index is 12.2. The Labute approximate surface area is 179 Å². The van der Waals surface area contributed by atoms with E-state index >= 15 is 0 Å². The van der Waals surface area contributed by atoms with Gasteiger partial charge in [0.05, 0.1) is 12.9 Å². The largest absolute Gasteiger partial charge is 0.492 e. The van der Waals surface area contributed by atoms with E-state index in [1.54, 1.807) is 18.5 Å². The molecule has 1 saturated carbocycles. The van der Waals surface area contributed by atoms with Gasteiger partial charge in [0.15, 0.2) is 17.3 Å². The van der Waals surface area contributed by atoms with Crippen LogP contribution in [0.5, 0.6) is 5.75 Å². The van der Waals surface area contributed by atoms with E-state index in [1.165, 1.54) is 0 Å². The lowest BCUT2D eigenvalue weighted by Crippen LogP contribution is -2.25. The molecule has 8 nitrogen and oxygen atoms in total. The number of hydrogen-bond donors (Lipinski definition) is 3. The molecule has 2 heterocycles. The van der Waals surface area contributed by atoms with Crippen molar-refractivity contribution in [1.82, 2.24) is 25.3 Å². The Hall–Kier alpha value is -3.94. The van der Waals surface area contributed by atoms with Crippen molar-refractivity contribution in [3.8, 4) is 17.1 Å². The Morgan fingerprint density at radius 3 is 2.65 bits per heavy atom. The Kier molecular flexibility index (Phi) is 5.18. The summed E-state index contributed by atoms with van der Waals surface area (Å²) in [6.07, 6.45) is 3.72. The lowest BCUT2D eigenvalue weighted by Gasteiger charge is -2.10. The molecule has 1 aliphatic carbocycles. The van der Waals surface area contributed by atoms with Crippen molar-refractivity contribution in [2.45, 2.75) is 18.9 Å². The van der Waals surface area contributed by atoms with Gasteiger partial charge in [-0.15, -0.1) is 0 Å². The van der Waals surface area contributed by atoms with Gasteiger partial charge in [-0.1, -0.05) is 30.3 Å². The minimum atomic E-state index is -0.0431. The van der Waals surface area contributed by atoms with E-state index in [9.17, 15) is 4.79 Å². The van der Waals surface area contributed by atoms with Crippen LogP contribution in [0.15, 0.2) is 60.9 Å². The summed E-state index contributed by atoms with van der Waals surface area (Å²) >= 11 is 0. The van der Waals surface area contributed by atoms with Gasteiger partial charge in [0.25, 0.3) is 5.91 Å². The van der Waals surface area contributed by atoms with Crippen LogP contribution in [-0.4, -0.2) is 45.0 Å². The van der Waals surface area contributed by atoms with Crippen LogP contribution in [0.1, 0.15) is 23.2 Å². The number of rotatable bonds is 8. The first-order chi connectivity index (χ1) is 15.3. The molecular formula is C23H22N6O2. The van der Waals surface area contributed by atoms with E-state index in [4.69, 9.17) is 4.74 Å². The topological polar surface area (TPSA) is 105 Å². The molecule has 1 amide bonds. The SMILES string of the molecule is O=C(NC1CC1)c1ccc(-c2nc(NCCOc3ccccc3)c3[nH]cnc3n2)cc1. The molecule has 4 aromatic rings. The summed E-state index contributed by atoms with van der Waals surface area (Å²) in [7, 11) is 0. The molecule has 2 aromatic carbocycles. The molecule has 2 aromatic heterocycles. The van der Waals surface area contributed by atoms with Gasteiger partial charge in [0, 0.05) is 17.2 Å². The molecule has 0 spiro atoms. The minimum absolute atomic E-state index is 0.0431. The van der Waals surface area contributed by atoms with Crippen LogP contribution in [0.4, 0.5) is 5.82 Å². The van der Waals surface area contributed by atoms with Gasteiger partial charge in [-0.3, -0.25) is 4.79 Å². The third-order valence-corrected chi connectivity index (χ3v) is 5.01. The maximum Gasteiger partial charge on any atom is 0.251 e. The van der Waals surface area contributed by atoms with Crippen LogP contribution >= 0.6 is 0 Å². The molecule has 156 valence electrons. The summed E-state index contributed by atoms with van der Waals surface area (Å²) in [4.78, 5) is 28.8. The van der Waals surface area contributed by atoms with Gasteiger partial charge in [-0.25, -0.2) is 15.0 Å². The predicted octanol–water partition coefficient (Wildman–Crippen LogP) is 3.40. The average molecular weight is 414 g/mol. The number of benzene rings is 2. The van der Waals surface area contributed by atoms with Gasteiger partial charge in [0.1, 0.15) is 17.9 Å². The quantitative estimate of drug-likeness (QED) is 0.382. The predicted molar refractivity (Wildman–Crippen MR) is 118 cm³/mol. The lowest BCUT2D eigenvalue weighted by atomic mass is 10.1. The normalized spacial score (nSPS) is 13.2. The number of para-hydroxylation sites is 1. The van der Waals surface area contributed by atoms with Gasteiger partial charge in [0.2, 0.25) is 0 Å². The van der Waals surface area contributed by atoms with Crippen LogP contribution in [-0.2, 0) is 0 Å². The standard InChI is InChI=1S/C23H22N6O2/c30-23(27-17-10-11-17)16-8-6-15(7-9-16)20-28-21(19-22(29-20)26-14-25-19)24-12-13-31-18-4-2-1-3-5-18/h1-9,14,17H,10-13H2,(H,27,30)(H2,24,25,26,28,29). The number of carbonyl (C=O) groups excluding carboxylic acids is 1. The number of imidazole rings is 1. The third-order valence-electron chi connectivity index (χ3n) is 5.01. The lowest BCUT2D eigenvalue weighted by molar-refractivity contribution is 0.0951. The second-order valence-corrected chi connectivity index (χ2v) is 7.41. The molecule has 3 N–H and O–H groups in total. The highest BCUT2D eigenvalue weighted by atomic mass is 16.5. The number of nitrogens with one attached hydrogen (secondary N) is 3. The highest BCUT2D eigenvalue weighted by molar-refractivity contribution is 5.95. The summed E-state index contributed by atoms with van der Waals surface area (Å²) in [5.41, 5.74) is 2.76. The number of ether oxygens (including phenoxy) is 1. The number of hydrogen-bond acceptors (Lipinski definition) is 6. The number of aromatic amines is 1. The van der Waals surface area contributed by atoms with Crippen molar-refractivity contribution in [2.75, 3.05) is 18.5 Å². The summed E-state index contributed by atoms with van der Waals surface area (Å²) in [5, 5.41) is 6.29. The molecule has 1 aliphatic rings.